The average Bonchev–Trinajstić information content (AvgIpc) is 3.28. The molecule has 5 heteroatoms. The third-order valence-electron chi connectivity index (χ3n) is 8.18. The van der Waals surface area contributed by atoms with Crippen molar-refractivity contribution >= 4 is 16.7 Å². The highest BCUT2D eigenvalue weighted by atomic mass is 16.5. The first-order valence-electron chi connectivity index (χ1n) is 15.1. The number of aliphatic hydroxyl groups is 1. The zero-order chi connectivity index (χ0) is 29.0. The van der Waals surface area contributed by atoms with Crippen LogP contribution in [0.4, 0.5) is 0 Å². The lowest BCUT2D eigenvalue weighted by Crippen LogP contribution is -2.28. The molecule has 0 saturated heterocycles. The average molecular weight is 537 g/mol. The third-order valence-corrected chi connectivity index (χ3v) is 8.18. The van der Waals surface area contributed by atoms with Crippen LogP contribution in [0.3, 0.4) is 0 Å². The van der Waals surface area contributed by atoms with E-state index < -0.39 is 0 Å². The molecule has 2 heterocycles. The van der Waals surface area contributed by atoms with Gasteiger partial charge in [0.25, 0.3) is 0 Å². The van der Waals surface area contributed by atoms with Gasteiger partial charge < -0.3 is 9.84 Å². The molecule has 1 saturated carbocycles. The van der Waals surface area contributed by atoms with E-state index in [4.69, 9.17) is 4.74 Å². The number of fused-ring (bicyclic) bond motifs is 1. The Labute approximate surface area is 237 Å². The van der Waals surface area contributed by atoms with Crippen LogP contribution < -0.4 is 4.74 Å². The molecule has 1 aliphatic rings. The van der Waals surface area contributed by atoms with E-state index in [0.29, 0.717) is 11.7 Å². The highest BCUT2D eigenvalue weighted by Gasteiger charge is 2.37. The number of rotatable bonds is 11. The van der Waals surface area contributed by atoms with Crippen LogP contribution in [-0.2, 0) is 10.2 Å². The van der Waals surface area contributed by atoms with Crippen molar-refractivity contribution in [1.29, 1.82) is 0 Å². The molecule has 0 radical (unpaired) electrons. The minimum Gasteiger partial charge on any atom is -0.497 e. The van der Waals surface area contributed by atoms with E-state index in [1.165, 1.54) is 23.1 Å². The van der Waals surface area contributed by atoms with Gasteiger partial charge in [-0.1, -0.05) is 66.9 Å². The minimum atomic E-state index is 0.0000354. The van der Waals surface area contributed by atoms with Gasteiger partial charge in [-0.3, -0.25) is 9.36 Å². The summed E-state index contributed by atoms with van der Waals surface area (Å²) in [5.41, 5.74) is 3.75. The van der Waals surface area contributed by atoms with Crippen LogP contribution in [0.25, 0.3) is 16.7 Å². The summed E-state index contributed by atoms with van der Waals surface area (Å²) >= 11 is 0. The van der Waals surface area contributed by atoms with Gasteiger partial charge in [-0.15, -0.1) is 0 Å². The summed E-state index contributed by atoms with van der Waals surface area (Å²) in [6.45, 7) is 14.8. The number of ketones is 1. The second-order valence-corrected chi connectivity index (χ2v) is 10.6. The van der Waals surface area contributed by atoms with Crippen LogP contribution in [0.15, 0.2) is 42.6 Å². The van der Waals surface area contributed by atoms with Crippen LogP contribution in [-0.4, -0.2) is 34.2 Å². The molecule has 39 heavy (non-hydrogen) atoms. The maximum absolute atomic E-state index is 10.4. The molecule has 1 N–H and O–H groups in total. The fraction of sp³-hybridized carbons (Fsp3) is 0.588. The first-order chi connectivity index (χ1) is 18.9. The molecule has 5 nitrogen and oxygen atoms in total. The Bertz CT molecular complexity index is 1140. The molecule has 4 rings (SSSR count). The fourth-order valence-electron chi connectivity index (χ4n) is 5.94. The summed E-state index contributed by atoms with van der Waals surface area (Å²) in [6.07, 6.45) is 11.0. The monoisotopic (exact) mass is 536 g/mol. The lowest BCUT2D eigenvalue weighted by atomic mass is 9.69. The third kappa shape index (κ3) is 7.30. The summed E-state index contributed by atoms with van der Waals surface area (Å²) < 4.78 is 7.83. The van der Waals surface area contributed by atoms with Crippen molar-refractivity contribution in [2.75, 3.05) is 13.7 Å². The van der Waals surface area contributed by atoms with Crippen molar-refractivity contribution in [2.24, 2.45) is 5.92 Å². The number of hydrogen-bond donors (Lipinski definition) is 1. The lowest BCUT2D eigenvalue weighted by molar-refractivity contribution is -0.122. The van der Waals surface area contributed by atoms with E-state index in [-0.39, 0.29) is 17.9 Å². The second kappa shape index (κ2) is 15.8. The van der Waals surface area contributed by atoms with Gasteiger partial charge in [0.2, 0.25) is 0 Å². The Morgan fingerprint density at radius 1 is 1.13 bits per heavy atom. The number of hydrogen-bond acceptors (Lipinski definition) is 4. The zero-order valence-electron chi connectivity index (χ0n) is 25.7. The number of carbonyl (C=O) groups is 1. The Hall–Kier alpha value is -2.66. The summed E-state index contributed by atoms with van der Waals surface area (Å²) in [6, 6.07) is 12.4. The van der Waals surface area contributed by atoms with Gasteiger partial charge in [0.1, 0.15) is 17.4 Å². The molecule has 1 fully saturated rings. The van der Waals surface area contributed by atoms with Crippen molar-refractivity contribution in [3.05, 3.63) is 53.9 Å². The van der Waals surface area contributed by atoms with Crippen molar-refractivity contribution < 1.29 is 14.6 Å². The van der Waals surface area contributed by atoms with Crippen molar-refractivity contribution in [2.45, 2.75) is 111 Å². The summed E-state index contributed by atoms with van der Waals surface area (Å²) in [5, 5.41) is 11.5. The van der Waals surface area contributed by atoms with Gasteiger partial charge >= 0.3 is 0 Å². The minimum absolute atomic E-state index is 0.0000354. The van der Waals surface area contributed by atoms with Gasteiger partial charge in [0, 0.05) is 35.2 Å². The quantitative estimate of drug-likeness (QED) is 0.266. The van der Waals surface area contributed by atoms with Gasteiger partial charge in [-0.2, -0.15) is 0 Å². The van der Waals surface area contributed by atoms with E-state index in [2.05, 4.69) is 55.4 Å². The first-order valence-corrected chi connectivity index (χ1v) is 15.1. The Balaban J connectivity index is 0.000000507. The molecule has 3 aromatic rings. The van der Waals surface area contributed by atoms with Crippen LogP contribution in [0, 0.1) is 5.92 Å². The molecule has 0 amide bonds. The lowest BCUT2D eigenvalue weighted by Gasteiger charge is -2.35. The summed E-state index contributed by atoms with van der Waals surface area (Å²) in [7, 11) is 1.71. The Morgan fingerprint density at radius 3 is 2.21 bits per heavy atom. The topological polar surface area (TPSA) is 64.3 Å². The maximum Gasteiger partial charge on any atom is 0.137 e. The summed E-state index contributed by atoms with van der Waals surface area (Å²) in [4.78, 5) is 15.1. The number of benzene rings is 1. The highest BCUT2D eigenvalue weighted by molar-refractivity contribution is 5.90. The number of aromatic nitrogens is 2. The van der Waals surface area contributed by atoms with E-state index in [0.717, 1.165) is 62.0 Å². The number of aliphatic hydroxyl groups excluding tert-OH is 1. The second-order valence-electron chi connectivity index (χ2n) is 10.6. The van der Waals surface area contributed by atoms with E-state index in [9.17, 15) is 9.90 Å². The number of pyridine rings is 1. The standard InChI is InChI=1S/C26H36N2O2.C6H10O.C2H6/c1-6-14-26(8-3,15-7-2)24-21-13-12-20(30-5)17-22(21)28(25(24)19(4)18-29)23-11-9-10-16-27-23;1-5(7)6-3-2-4-6;1-2/h9-13,16-17,19,29H,6-8,14-15,18H2,1-5H3;6H,2-4H2,1H3;1-2H3. The Morgan fingerprint density at radius 2 is 1.79 bits per heavy atom. The summed E-state index contributed by atoms with van der Waals surface area (Å²) in [5.74, 6) is 2.54. The fourth-order valence-corrected chi connectivity index (χ4v) is 5.94. The van der Waals surface area contributed by atoms with E-state index in [1.54, 1.807) is 14.0 Å². The largest absolute Gasteiger partial charge is 0.497 e. The van der Waals surface area contributed by atoms with Gasteiger partial charge in [-0.05, 0) is 74.3 Å². The molecule has 0 aliphatic heterocycles. The van der Waals surface area contributed by atoms with Crippen LogP contribution in [0.1, 0.15) is 117 Å². The molecule has 1 unspecified atom stereocenters. The molecular weight excluding hydrogens is 484 g/mol. The van der Waals surface area contributed by atoms with Gasteiger partial charge in [0.15, 0.2) is 0 Å². The zero-order valence-corrected chi connectivity index (χ0v) is 25.7. The van der Waals surface area contributed by atoms with Crippen molar-refractivity contribution in [3.63, 3.8) is 0 Å². The molecule has 216 valence electrons. The molecule has 1 atom stereocenters. The number of Topliss-reactive ketones (excluding diaryl/α,β-unsaturated/α-hetero) is 1. The number of nitrogens with zero attached hydrogens (tertiary/aromatic N) is 2. The van der Waals surface area contributed by atoms with Crippen molar-refractivity contribution in [1.82, 2.24) is 9.55 Å². The number of carbonyl (C=O) groups excluding carboxylic acids is 1. The molecular formula is C34H52N2O3. The smallest absolute Gasteiger partial charge is 0.137 e. The predicted octanol–water partition coefficient (Wildman–Crippen LogP) is 8.78. The number of methoxy groups -OCH3 is 1. The molecule has 0 spiro atoms. The van der Waals surface area contributed by atoms with E-state index in [1.807, 2.05) is 38.2 Å². The predicted molar refractivity (Wildman–Crippen MR) is 164 cm³/mol. The van der Waals surface area contributed by atoms with Crippen LogP contribution in [0.2, 0.25) is 0 Å². The normalized spacial score (nSPS) is 14.0. The molecule has 0 bridgehead atoms. The molecule has 1 aromatic carbocycles. The molecule has 1 aliphatic carbocycles. The number of ether oxygens (including phenoxy) is 1. The van der Waals surface area contributed by atoms with Gasteiger partial charge in [-0.25, -0.2) is 4.98 Å². The van der Waals surface area contributed by atoms with E-state index >= 15 is 0 Å². The molecule has 2 aromatic heterocycles. The Kier molecular flexibility index (Phi) is 13.2. The highest BCUT2D eigenvalue weighted by Crippen LogP contribution is 2.47. The first kappa shape index (κ1) is 32.6. The SMILES string of the molecule is CC.CC(=O)C1CCC1.CCCC(CC)(CCC)c1c(C(C)CO)n(-c2ccccn2)c2cc(OC)ccc12. The van der Waals surface area contributed by atoms with Gasteiger partial charge in [0.05, 0.1) is 19.2 Å². The van der Waals surface area contributed by atoms with Crippen LogP contribution in [0.5, 0.6) is 5.75 Å². The van der Waals surface area contributed by atoms with Crippen molar-refractivity contribution in [3.8, 4) is 11.6 Å². The maximum atomic E-state index is 10.4. The van der Waals surface area contributed by atoms with Crippen LogP contribution >= 0.6 is 0 Å².